The van der Waals surface area contributed by atoms with Gasteiger partial charge in [0.25, 0.3) is 0 Å². The lowest BCUT2D eigenvalue weighted by molar-refractivity contribution is -0.120. The van der Waals surface area contributed by atoms with Crippen LogP contribution in [0.5, 0.6) is 0 Å². The monoisotopic (exact) mass is 331 g/mol. The van der Waals surface area contributed by atoms with E-state index >= 15 is 0 Å². The first kappa shape index (κ1) is 15.1. The van der Waals surface area contributed by atoms with Crippen molar-refractivity contribution in [2.75, 3.05) is 0 Å². The van der Waals surface area contributed by atoms with Gasteiger partial charge in [0.15, 0.2) is 0 Å². The molecule has 1 atom stereocenters. The van der Waals surface area contributed by atoms with E-state index < -0.39 is 5.54 Å². The number of carbonyl (C=O) groups is 1. The van der Waals surface area contributed by atoms with E-state index in [1.54, 1.807) is 12.3 Å². The van der Waals surface area contributed by atoms with Gasteiger partial charge in [-0.3, -0.25) is 9.78 Å². The van der Waals surface area contributed by atoms with Crippen LogP contribution in [0.4, 0.5) is 0 Å². The number of benzene rings is 1. The number of hydrogen-bond acceptors (Lipinski definition) is 4. The zero-order chi connectivity index (χ0) is 15.7. The van der Waals surface area contributed by atoms with E-state index in [0.29, 0.717) is 5.02 Å². The van der Waals surface area contributed by atoms with Crippen LogP contribution in [-0.2, 0) is 4.79 Å². The predicted molar refractivity (Wildman–Crippen MR) is 87.8 cm³/mol. The van der Waals surface area contributed by atoms with Gasteiger partial charge < -0.3 is 5.32 Å². The number of pyridine rings is 1. The third kappa shape index (κ3) is 3.03. The van der Waals surface area contributed by atoms with Gasteiger partial charge in [-0.25, -0.2) is 0 Å². The Morgan fingerprint density at radius 2 is 2.27 bits per heavy atom. The Hall–Kier alpha value is -1.77. The molecule has 1 fully saturated rings. The summed E-state index contributed by atoms with van der Waals surface area (Å²) in [5, 5.41) is 13.2. The molecular formula is C16H14ClN3OS. The van der Waals surface area contributed by atoms with Gasteiger partial charge in [0.1, 0.15) is 5.54 Å². The second kappa shape index (κ2) is 5.79. The number of hydrogen-bond donors (Lipinski definition) is 1. The number of carbonyl (C=O) groups excluding carboxylic acids is 1. The van der Waals surface area contributed by atoms with E-state index in [2.05, 4.69) is 16.4 Å². The minimum atomic E-state index is -0.625. The molecule has 0 saturated heterocycles. The molecule has 1 N–H and O–H groups in total. The number of fused-ring (bicyclic) bond motifs is 1. The van der Waals surface area contributed by atoms with Gasteiger partial charge >= 0.3 is 0 Å². The van der Waals surface area contributed by atoms with E-state index in [4.69, 9.17) is 16.9 Å². The van der Waals surface area contributed by atoms with Crippen LogP contribution in [0, 0.1) is 11.3 Å². The van der Waals surface area contributed by atoms with E-state index in [0.717, 1.165) is 28.6 Å². The normalized spacial score (nSPS) is 16.8. The summed E-state index contributed by atoms with van der Waals surface area (Å²) in [6, 6.07) is 9.60. The Morgan fingerprint density at radius 1 is 1.50 bits per heavy atom. The topological polar surface area (TPSA) is 65.8 Å². The molecule has 0 aliphatic heterocycles. The van der Waals surface area contributed by atoms with Crippen molar-refractivity contribution in [2.24, 2.45) is 0 Å². The fourth-order valence-corrected chi connectivity index (χ4v) is 3.32. The summed E-state index contributed by atoms with van der Waals surface area (Å²) in [6.45, 7) is 1.84. The van der Waals surface area contributed by atoms with Crippen LogP contribution < -0.4 is 5.32 Å². The molecule has 4 nitrogen and oxygen atoms in total. The van der Waals surface area contributed by atoms with Crippen molar-refractivity contribution in [3.8, 4) is 6.07 Å². The van der Waals surface area contributed by atoms with E-state index in [9.17, 15) is 4.79 Å². The molecule has 22 heavy (non-hydrogen) atoms. The minimum Gasteiger partial charge on any atom is -0.337 e. The molecule has 1 aliphatic carbocycles. The van der Waals surface area contributed by atoms with Crippen molar-refractivity contribution in [2.45, 2.75) is 35.4 Å². The summed E-state index contributed by atoms with van der Waals surface area (Å²) < 4.78 is 0. The van der Waals surface area contributed by atoms with E-state index in [1.807, 2.05) is 25.1 Å². The average Bonchev–Trinajstić information content (AvgIpc) is 3.27. The number of thioether (sulfide) groups is 1. The highest BCUT2D eigenvalue weighted by Crippen LogP contribution is 2.36. The molecule has 1 heterocycles. The van der Waals surface area contributed by atoms with Crippen LogP contribution in [0.2, 0.25) is 5.02 Å². The Bertz CT molecular complexity index is 783. The maximum Gasteiger partial charge on any atom is 0.234 e. The van der Waals surface area contributed by atoms with Gasteiger partial charge in [-0.1, -0.05) is 17.7 Å². The lowest BCUT2D eigenvalue weighted by Gasteiger charge is -2.15. The second-order valence-electron chi connectivity index (χ2n) is 5.41. The van der Waals surface area contributed by atoms with Gasteiger partial charge in [0, 0.05) is 21.5 Å². The smallest absolute Gasteiger partial charge is 0.234 e. The van der Waals surface area contributed by atoms with Crippen LogP contribution in [0.25, 0.3) is 10.9 Å². The zero-order valence-corrected chi connectivity index (χ0v) is 13.5. The predicted octanol–water partition coefficient (Wildman–Crippen LogP) is 3.54. The van der Waals surface area contributed by atoms with Crippen LogP contribution in [0.1, 0.15) is 19.8 Å². The maximum absolute atomic E-state index is 12.2. The van der Waals surface area contributed by atoms with E-state index in [1.165, 1.54) is 11.8 Å². The molecule has 0 radical (unpaired) electrons. The fraction of sp³-hybridized carbons (Fsp3) is 0.312. The SMILES string of the molecule is CC(Sc1ccnc2cc(Cl)ccc12)C(=O)NC1(C#N)CC1. The molecule has 1 aliphatic rings. The molecule has 1 aromatic heterocycles. The molecule has 2 aromatic rings. The van der Waals surface area contributed by atoms with Crippen molar-refractivity contribution in [3.05, 3.63) is 35.5 Å². The van der Waals surface area contributed by atoms with Crippen molar-refractivity contribution >= 4 is 40.2 Å². The molecule has 6 heteroatoms. The van der Waals surface area contributed by atoms with Crippen molar-refractivity contribution in [1.82, 2.24) is 10.3 Å². The Balaban J connectivity index is 1.78. The Kier molecular flexibility index (Phi) is 3.98. The van der Waals surface area contributed by atoms with Crippen molar-refractivity contribution < 1.29 is 4.79 Å². The lowest BCUT2D eigenvalue weighted by atomic mass is 10.2. The summed E-state index contributed by atoms with van der Waals surface area (Å²) in [7, 11) is 0. The highest BCUT2D eigenvalue weighted by molar-refractivity contribution is 8.00. The van der Waals surface area contributed by atoms with Crippen LogP contribution >= 0.6 is 23.4 Å². The molecular weight excluding hydrogens is 318 g/mol. The molecule has 1 unspecified atom stereocenters. The highest BCUT2D eigenvalue weighted by atomic mass is 35.5. The summed E-state index contributed by atoms with van der Waals surface area (Å²) >= 11 is 7.44. The van der Waals surface area contributed by atoms with Crippen LogP contribution in [-0.4, -0.2) is 21.7 Å². The Morgan fingerprint density at radius 3 is 2.95 bits per heavy atom. The molecule has 1 saturated carbocycles. The fourth-order valence-electron chi connectivity index (χ4n) is 2.17. The number of nitrogens with zero attached hydrogens (tertiary/aromatic N) is 2. The van der Waals surface area contributed by atoms with Crippen molar-refractivity contribution in [1.29, 1.82) is 5.26 Å². The van der Waals surface area contributed by atoms with Crippen molar-refractivity contribution in [3.63, 3.8) is 0 Å². The number of halogens is 1. The summed E-state index contributed by atoms with van der Waals surface area (Å²) in [5.41, 5.74) is 0.181. The number of amides is 1. The summed E-state index contributed by atoms with van der Waals surface area (Å²) in [6.07, 6.45) is 3.19. The summed E-state index contributed by atoms with van der Waals surface area (Å²) in [4.78, 5) is 17.5. The van der Waals surface area contributed by atoms with Gasteiger partial charge in [-0.05, 0) is 38.0 Å². The first-order valence-electron chi connectivity index (χ1n) is 6.97. The number of aromatic nitrogens is 1. The largest absolute Gasteiger partial charge is 0.337 e. The second-order valence-corrected chi connectivity index (χ2v) is 7.23. The van der Waals surface area contributed by atoms with Crippen LogP contribution in [0.3, 0.4) is 0 Å². The zero-order valence-electron chi connectivity index (χ0n) is 12.0. The molecule has 0 bridgehead atoms. The quantitative estimate of drug-likeness (QED) is 0.870. The summed E-state index contributed by atoms with van der Waals surface area (Å²) in [5.74, 6) is -0.108. The third-order valence-electron chi connectivity index (χ3n) is 3.66. The molecule has 3 rings (SSSR count). The van der Waals surface area contributed by atoms with Gasteiger partial charge in [0.05, 0.1) is 16.8 Å². The average molecular weight is 332 g/mol. The van der Waals surface area contributed by atoms with Gasteiger partial charge in [-0.15, -0.1) is 11.8 Å². The minimum absolute atomic E-state index is 0.108. The first-order chi connectivity index (χ1) is 10.5. The van der Waals surface area contributed by atoms with Gasteiger partial charge in [-0.2, -0.15) is 5.26 Å². The van der Waals surface area contributed by atoms with Gasteiger partial charge in [0.2, 0.25) is 5.91 Å². The van der Waals surface area contributed by atoms with Crippen LogP contribution in [0.15, 0.2) is 35.4 Å². The standard InChI is InChI=1S/C16H14ClN3OS/c1-10(15(21)20-16(9-18)5-6-16)22-14-4-7-19-13-8-11(17)2-3-12(13)14/h2-4,7-8,10H,5-6H2,1H3,(H,20,21). The Labute approximate surface area is 137 Å². The number of rotatable bonds is 4. The number of nitriles is 1. The maximum atomic E-state index is 12.2. The van der Waals surface area contributed by atoms with E-state index in [-0.39, 0.29) is 11.2 Å². The highest BCUT2D eigenvalue weighted by Gasteiger charge is 2.45. The molecule has 0 spiro atoms. The number of nitrogens with one attached hydrogen (secondary N) is 1. The molecule has 1 aromatic carbocycles. The first-order valence-corrected chi connectivity index (χ1v) is 8.23. The third-order valence-corrected chi connectivity index (χ3v) is 5.08. The molecule has 1 amide bonds. The lowest BCUT2D eigenvalue weighted by Crippen LogP contribution is -2.40. The molecule has 112 valence electrons.